The zero-order chi connectivity index (χ0) is 22.7. The van der Waals surface area contributed by atoms with Gasteiger partial charge < -0.3 is 10.6 Å². The zero-order valence-electron chi connectivity index (χ0n) is 18.4. The van der Waals surface area contributed by atoms with E-state index in [1.54, 1.807) is 24.2 Å². The van der Waals surface area contributed by atoms with Crippen molar-refractivity contribution in [3.05, 3.63) is 66.6 Å². The highest BCUT2D eigenvalue weighted by atomic mass is 32.2. The number of fused-ring (bicyclic) bond motifs is 3. The van der Waals surface area contributed by atoms with Gasteiger partial charge in [-0.15, -0.1) is 0 Å². The molecule has 0 unspecified atom stereocenters. The van der Waals surface area contributed by atoms with E-state index in [4.69, 9.17) is 10.7 Å². The smallest absolute Gasteiger partial charge is 0.211 e. The number of hydrogen-bond acceptors (Lipinski definition) is 8. The van der Waals surface area contributed by atoms with Crippen LogP contribution in [0.2, 0.25) is 0 Å². The first-order valence-electron chi connectivity index (χ1n) is 11.4. The van der Waals surface area contributed by atoms with E-state index in [0.717, 1.165) is 64.8 Å². The Balaban J connectivity index is 1.16. The van der Waals surface area contributed by atoms with Gasteiger partial charge in [0.05, 0.1) is 16.5 Å². The molecule has 0 radical (unpaired) electrons. The number of piperidine rings is 1. The van der Waals surface area contributed by atoms with Crippen LogP contribution in [-0.2, 0) is 6.42 Å². The Kier molecular flexibility index (Phi) is 4.40. The van der Waals surface area contributed by atoms with Gasteiger partial charge in [0.15, 0.2) is 11.3 Å². The number of imidazole rings is 1. The van der Waals surface area contributed by atoms with Gasteiger partial charge in [0, 0.05) is 60.7 Å². The number of rotatable bonds is 3. The average molecular weight is 470 g/mol. The summed E-state index contributed by atoms with van der Waals surface area (Å²) in [6.07, 6.45) is 14.2. The molecule has 5 aromatic heterocycles. The van der Waals surface area contributed by atoms with Crippen molar-refractivity contribution in [2.75, 3.05) is 18.0 Å². The molecule has 3 N–H and O–H groups in total. The van der Waals surface area contributed by atoms with Crippen molar-refractivity contribution >= 4 is 34.4 Å². The maximum Gasteiger partial charge on any atom is 0.211 e. The summed E-state index contributed by atoms with van der Waals surface area (Å²) in [4.78, 5) is 22.9. The van der Waals surface area contributed by atoms with Crippen LogP contribution in [0, 0.1) is 5.41 Å². The van der Waals surface area contributed by atoms with Gasteiger partial charge in [0.1, 0.15) is 0 Å². The molecular weight excluding hydrogens is 446 g/mol. The lowest BCUT2D eigenvalue weighted by molar-refractivity contribution is 0.186. The lowest BCUT2D eigenvalue weighted by Gasteiger charge is -2.42. The van der Waals surface area contributed by atoms with E-state index in [-0.39, 0.29) is 11.5 Å². The monoisotopic (exact) mass is 469 g/mol. The Bertz CT molecular complexity index is 1520. The van der Waals surface area contributed by atoms with Gasteiger partial charge in [-0.2, -0.15) is 5.10 Å². The number of H-pyrrole nitrogens is 1. The highest BCUT2D eigenvalue weighted by Crippen LogP contribution is 2.50. The number of pyridine rings is 2. The van der Waals surface area contributed by atoms with E-state index in [0.29, 0.717) is 0 Å². The molecule has 0 bridgehead atoms. The lowest BCUT2D eigenvalue weighted by Crippen LogP contribution is -2.45. The fourth-order valence-corrected chi connectivity index (χ4v) is 6.49. The maximum atomic E-state index is 6.74. The van der Waals surface area contributed by atoms with Crippen molar-refractivity contribution in [2.24, 2.45) is 11.1 Å². The topological polar surface area (TPSA) is 114 Å². The van der Waals surface area contributed by atoms with Crippen LogP contribution in [0.1, 0.15) is 30.1 Å². The zero-order valence-corrected chi connectivity index (χ0v) is 19.2. The van der Waals surface area contributed by atoms with Gasteiger partial charge in [-0.25, -0.2) is 15.0 Å². The number of aromatic amines is 1. The summed E-state index contributed by atoms with van der Waals surface area (Å²) in [5.74, 6) is 0.928. The van der Waals surface area contributed by atoms with Crippen molar-refractivity contribution in [3.63, 3.8) is 0 Å². The number of nitrogens with one attached hydrogen (secondary N) is 1. The molecule has 2 aliphatic rings. The molecule has 7 rings (SSSR count). The van der Waals surface area contributed by atoms with Crippen molar-refractivity contribution < 1.29 is 0 Å². The quantitative estimate of drug-likeness (QED) is 0.413. The molecule has 1 fully saturated rings. The Labute approximate surface area is 199 Å². The fraction of sp³-hybridized carbons (Fsp3) is 0.292. The first kappa shape index (κ1) is 19.9. The van der Waals surface area contributed by atoms with Crippen LogP contribution in [0.25, 0.3) is 16.7 Å². The third kappa shape index (κ3) is 2.95. The third-order valence-corrected chi connectivity index (χ3v) is 8.47. The van der Waals surface area contributed by atoms with Crippen LogP contribution in [0.3, 0.4) is 0 Å². The molecule has 34 heavy (non-hydrogen) atoms. The van der Waals surface area contributed by atoms with E-state index < -0.39 is 0 Å². The van der Waals surface area contributed by atoms with Gasteiger partial charge >= 0.3 is 0 Å². The predicted octanol–water partition coefficient (Wildman–Crippen LogP) is 3.39. The van der Waals surface area contributed by atoms with Gasteiger partial charge in [-0.05, 0) is 42.4 Å². The van der Waals surface area contributed by atoms with Crippen LogP contribution in [-0.4, -0.2) is 47.6 Å². The summed E-state index contributed by atoms with van der Waals surface area (Å²) in [6, 6.07) is 6.19. The highest BCUT2D eigenvalue weighted by molar-refractivity contribution is 7.99. The minimum atomic E-state index is 0.0541. The number of aromatic nitrogens is 7. The molecule has 9 nitrogen and oxygen atoms in total. The SMILES string of the molecule is N[C@@H]1c2cccnc2CC12CCN(c1ncc(Sc3ccnc4[nH]ncc34)c3nccn13)CC2. The summed E-state index contributed by atoms with van der Waals surface area (Å²) in [5, 5.41) is 8.04. The van der Waals surface area contributed by atoms with Gasteiger partial charge in [0.25, 0.3) is 0 Å². The van der Waals surface area contributed by atoms with Crippen molar-refractivity contribution in [2.45, 2.75) is 35.1 Å². The normalized spacial score (nSPS) is 19.3. The molecule has 5 aromatic rings. The van der Waals surface area contributed by atoms with E-state index >= 15 is 0 Å². The Morgan fingerprint density at radius 2 is 1.91 bits per heavy atom. The molecule has 1 aliphatic heterocycles. The summed E-state index contributed by atoms with van der Waals surface area (Å²) >= 11 is 1.63. The number of nitrogens with zero attached hydrogens (tertiary/aromatic N) is 7. The largest absolute Gasteiger partial charge is 0.342 e. The Hall–Kier alpha value is -3.50. The van der Waals surface area contributed by atoms with Crippen molar-refractivity contribution in [3.8, 4) is 0 Å². The number of hydrogen-bond donors (Lipinski definition) is 2. The molecule has 0 amide bonds. The second-order valence-corrected chi connectivity index (χ2v) is 10.2. The molecule has 1 aliphatic carbocycles. The first-order chi connectivity index (χ1) is 16.7. The molecule has 1 saturated heterocycles. The minimum Gasteiger partial charge on any atom is -0.342 e. The van der Waals surface area contributed by atoms with Crippen molar-refractivity contribution in [1.29, 1.82) is 0 Å². The van der Waals surface area contributed by atoms with Crippen LogP contribution < -0.4 is 10.6 Å². The summed E-state index contributed by atoms with van der Waals surface area (Å²) < 4.78 is 2.10. The van der Waals surface area contributed by atoms with E-state index in [9.17, 15) is 0 Å². The summed E-state index contributed by atoms with van der Waals surface area (Å²) in [5.41, 5.74) is 10.9. The minimum absolute atomic E-state index is 0.0541. The van der Waals surface area contributed by atoms with E-state index in [2.05, 4.69) is 40.5 Å². The summed E-state index contributed by atoms with van der Waals surface area (Å²) in [7, 11) is 0. The Morgan fingerprint density at radius 3 is 2.79 bits per heavy atom. The predicted molar refractivity (Wildman–Crippen MR) is 130 cm³/mol. The Morgan fingerprint density at radius 1 is 1.00 bits per heavy atom. The third-order valence-electron chi connectivity index (χ3n) is 7.39. The molecular formula is C24H23N9S. The standard InChI is InChI=1S/C24H23N9S/c25-20-15-2-1-6-26-17(15)12-24(20)4-9-32(10-5-24)23-29-14-19(22-28-8-11-33(22)23)34-18-3-7-27-21-16(18)13-30-31-21/h1-3,6-8,11,13-14,20H,4-5,9-10,12,25H2,(H,27,30,31)/t20-/m1/s1. The van der Waals surface area contributed by atoms with E-state index in [1.165, 1.54) is 11.3 Å². The second kappa shape index (κ2) is 7.51. The molecule has 0 saturated carbocycles. The van der Waals surface area contributed by atoms with Crippen molar-refractivity contribution in [1.82, 2.24) is 34.5 Å². The van der Waals surface area contributed by atoms with Crippen LogP contribution in [0.5, 0.6) is 0 Å². The second-order valence-electron chi connectivity index (χ2n) is 9.13. The van der Waals surface area contributed by atoms with Gasteiger partial charge in [0.2, 0.25) is 5.95 Å². The summed E-state index contributed by atoms with van der Waals surface area (Å²) in [6.45, 7) is 1.82. The first-order valence-corrected chi connectivity index (χ1v) is 12.3. The molecule has 10 heteroatoms. The van der Waals surface area contributed by atoms with Crippen LogP contribution in [0.4, 0.5) is 5.95 Å². The van der Waals surface area contributed by atoms with Gasteiger partial charge in [-0.3, -0.25) is 14.5 Å². The molecule has 6 heterocycles. The van der Waals surface area contributed by atoms with E-state index in [1.807, 2.05) is 36.9 Å². The number of anilines is 1. The van der Waals surface area contributed by atoms with Crippen LogP contribution in [0.15, 0.2) is 65.2 Å². The number of nitrogens with two attached hydrogens (primary N) is 1. The molecule has 170 valence electrons. The molecule has 0 aromatic carbocycles. The van der Waals surface area contributed by atoms with Gasteiger partial charge in [-0.1, -0.05) is 17.8 Å². The lowest BCUT2D eigenvalue weighted by atomic mass is 9.73. The average Bonchev–Trinajstić information content (AvgIpc) is 3.60. The highest BCUT2D eigenvalue weighted by Gasteiger charge is 2.46. The fourth-order valence-electron chi connectivity index (χ4n) is 5.52. The molecule has 1 atom stereocenters. The maximum absolute atomic E-state index is 6.74. The van der Waals surface area contributed by atoms with Crippen LogP contribution >= 0.6 is 11.8 Å². The molecule has 1 spiro atoms.